The average Bonchev–Trinajstić information content (AvgIpc) is 2.48. The smallest absolute Gasteiger partial charge is 0.306 e. The second kappa shape index (κ2) is 16.7. The second-order valence-electron chi connectivity index (χ2n) is 5.56. The number of ether oxygens (including phenoxy) is 1. The first-order valence-electron chi connectivity index (χ1n) is 8.62. The molecule has 0 bridgehead atoms. The van der Waals surface area contributed by atoms with E-state index >= 15 is 0 Å². The van der Waals surface area contributed by atoms with E-state index < -0.39 is 5.97 Å². The molecule has 0 aromatic heterocycles. The molecule has 1 N–H and O–H groups in total. The monoisotopic (exact) mass is 332 g/mol. The average molecular weight is 333 g/mol. The van der Waals surface area contributed by atoms with Gasteiger partial charge in [-0.3, -0.25) is 9.59 Å². The van der Waals surface area contributed by atoms with Gasteiger partial charge in [0.05, 0.1) is 19.4 Å². The third kappa shape index (κ3) is 17.3. The van der Waals surface area contributed by atoms with Crippen molar-refractivity contribution in [2.24, 2.45) is 0 Å². The summed E-state index contributed by atoms with van der Waals surface area (Å²) in [7, 11) is 0. The number of hydrogen-bond donors (Lipinski definition) is 1. The van der Waals surface area contributed by atoms with Crippen LogP contribution in [0.1, 0.15) is 77.6 Å². The van der Waals surface area contributed by atoms with Crippen molar-refractivity contribution in [1.82, 2.24) is 0 Å². The van der Waals surface area contributed by atoms with Crippen LogP contribution in [0, 0.1) is 0 Å². The van der Waals surface area contributed by atoms with Crippen LogP contribution < -0.4 is 0 Å². The van der Waals surface area contributed by atoms with Gasteiger partial charge in [-0.25, -0.2) is 0 Å². The number of unbranched alkanes of at least 4 members (excludes halogenated alkanes) is 8. The van der Waals surface area contributed by atoms with Gasteiger partial charge in [0.1, 0.15) is 0 Å². The second-order valence-corrected chi connectivity index (χ2v) is 6.78. The van der Waals surface area contributed by atoms with Crippen LogP contribution in [0.15, 0.2) is 0 Å². The lowest BCUT2D eigenvalue weighted by molar-refractivity contribution is -0.143. The molecule has 0 atom stereocenters. The Labute approximate surface area is 139 Å². The predicted molar refractivity (Wildman–Crippen MR) is 92.4 cm³/mol. The van der Waals surface area contributed by atoms with Crippen molar-refractivity contribution in [3.8, 4) is 0 Å². The van der Waals surface area contributed by atoms with Crippen LogP contribution in [0.2, 0.25) is 0 Å². The SMILES string of the molecule is CCCCCCCCCCCOC(=O)CCSCCC(=O)O. The molecule has 0 unspecified atom stereocenters. The van der Waals surface area contributed by atoms with Crippen molar-refractivity contribution in [3.63, 3.8) is 0 Å². The van der Waals surface area contributed by atoms with Gasteiger partial charge in [0.25, 0.3) is 0 Å². The highest BCUT2D eigenvalue weighted by Crippen LogP contribution is 2.10. The molecule has 0 aliphatic rings. The van der Waals surface area contributed by atoms with E-state index in [9.17, 15) is 9.59 Å². The Morgan fingerprint density at radius 2 is 1.41 bits per heavy atom. The fourth-order valence-electron chi connectivity index (χ4n) is 2.09. The van der Waals surface area contributed by atoms with Crippen LogP contribution in [0.3, 0.4) is 0 Å². The van der Waals surface area contributed by atoms with Crippen LogP contribution in [0.25, 0.3) is 0 Å². The van der Waals surface area contributed by atoms with Gasteiger partial charge >= 0.3 is 11.9 Å². The highest BCUT2D eigenvalue weighted by molar-refractivity contribution is 7.99. The number of aliphatic carboxylic acids is 1. The maximum absolute atomic E-state index is 11.4. The van der Waals surface area contributed by atoms with E-state index in [1.54, 1.807) is 0 Å². The molecule has 0 aromatic carbocycles. The van der Waals surface area contributed by atoms with Gasteiger partial charge in [-0.15, -0.1) is 0 Å². The van der Waals surface area contributed by atoms with Crippen molar-refractivity contribution in [3.05, 3.63) is 0 Å². The van der Waals surface area contributed by atoms with Crippen molar-refractivity contribution < 1.29 is 19.4 Å². The van der Waals surface area contributed by atoms with Crippen molar-refractivity contribution in [2.45, 2.75) is 77.6 Å². The summed E-state index contributed by atoms with van der Waals surface area (Å²) in [6, 6.07) is 0. The summed E-state index contributed by atoms with van der Waals surface area (Å²) < 4.78 is 5.16. The number of carboxylic acid groups (broad SMARTS) is 1. The number of carbonyl (C=O) groups is 2. The zero-order valence-electron chi connectivity index (χ0n) is 14.0. The van der Waals surface area contributed by atoms with Crippen LogP contribution in [0.4, 0.5) is 0 Å². The third-order valence-corrected chi connectivity index (χ3v) is 4.41. The molecule has 0 spiro atoms. The molecule has 0 rings (SSSR count). The van der Waals surface area contributed by atoms with E-state index in [1.165, 1.54) is 56.7 Å². The molecule has 0 saturated heterocycles. The van der Waals surface area contributed by atoms with Crippen molar-refractivity contribution >= 4 is 23.7 Å². The Morgan fingerprint density at radius 3 is 2.00 bits per heavy atom. The highest BCUT2D eigenvalue weighted by atomic mass is 32.2. The van der Waals surface area contributed by atoms with E-state index in [0.717, 1.165) is 12.8 Å². The van der Waals surface area contributed by atoms with Crippen LogP contribution >= 0.6 is 11.8 Å². The minimum atomic E-state index is -0.791. The lowest BCUT2D eigenvalue weighted by atomic mass is 10.1. The topological polar surface area (TPSA) is 63.6 Å². The minimum Gasteiger partial charge on any atom is -0.481 e. The van der Waals surface area contributed by atoms with Crippen LogP contribution in [-0.2, 0) is 14.3 Å². The first-order chi connectivity index (χ1) is 10.7. The summed E-state index contributed by atoms with van der Waals surface area (Å²) in [5.74, 6) is 0.243. The minimum absolute atomic E-state index is 0.151. The first-order valence-corrected chi connectivity index (χ1v) is 9.77. The highest BCUT2D eigenvalue weighted by Gasteiger charge is 2.03. The van der Waals surface area contributed by atoms with E-state index in [1.807, 2.05) is 0 Å². The largest absolute Gasteiger partial charge is 0.481 e. The molecular formula is C17H32O4S. The van der Waals surface area contributed by atoms with Crippen molar-refractivity contribution in [1.29, 1.82) is 0 Å². The molecule has 4 nitrogen and oxygen atoms in total. The van der Waals surface area contributed by atoms with Gasteiger partial charge in [0, 0.05) is 11.5 Å². The zero-order chi connectivity index (χ0) is 16.5. The van der Waals surface area contributed by atoms with Gasteiger partial charge in [-0.2, -0.15) is 11.8 Å². The van der Waals surface area contributed by atoms with Gasteiger partial charge < -0.3 is 9.84 Å². The lowest BCUT2D eigenvalue weighted by Crippen LogP contribution is -2.07. The number of hydrogen-bond acceptors (Lipinski definition) is 4. The standard InChI is InChI=1S/C17H32O4S/c1-2-3-4-5-6-7-8-9-10-13-21-17(20)12-15-22-14-11-16(18)19/h2-15H2,1H3,(H,18,19). The summed E-state index contributed by atoms with van der Waals surface area (Å²) in [5, 5.41) is 8.48. The molecule has 0 heterocycles. The summed E-state index contributed by atoms with van der Waals surface area (Å²) in [4.78, 5) is 21.7. The summed E-state index contributed by atoms with van der Waals surface area (Å²) >= 11 is 1.49. The van der Waals surface area contributed by atoms with Gasteiger partial charge in [-0.05, 0) is 6.42 Å². The summed E-state index contributed by atoms with van der Waals surface area (Å²) in [6.07, 6.45) is 11.8. The molecular weight excluding hydrogens is 300 g/mol. The molecule has 5 heteroatoms. The van der Waals surface area contributed by atoms with Crippen LogP contribution in [0.5, 0.6) is 0 Å². The number of carboxylic acids is 1. The molecule has 0 fully saturated rings. The Balaban J connectivity index is 3.16. The van der Waals surface area contributed by atoms with Gasteiger partial charge in [0.2, 0.25) is 0 Å². The Bertz CT molecular complexity index is 282. The number of rotatable bonds is 16. The summed E-state index contributed by atoms with van der Waals surface area (Å²) in [6.45, 7) is 2.75. The van der Waals surface area contributed by atoms with Gasteiger partial charge in [-0.1, -0.05) is 58.3 Å². The van der Waals surface area contributed by atoms with Crippen molar-refractivity contribution in [2.75, 3.05) is 18.1 Å². The van der Waals surface area contributed by atoms with E-state index in [0.29, 0.717) is 24.5 Å². The number of esters is 1. The van der Waals surface area contributed by atoms with Crippen LogP contribution in [-0.4, -0.2) is 35.2 Å². The fourth-order valence-corrected chi connectivity index (χ4v) is 2.92. The quantitative estimate of drug-likeness (QED) is 0.329. The molecule has 0 saturated carbocycles. The first kappa shape index (κ1) is 21.3. The number of carbonyl (C=O) groups excluding carboxylic acids is 1. The Morgan fingerprint density at radius 1 is 0.864 bits per heavy atom. The summed E-state index contributed by atoms with van der Waals surface area (Å²) in [5.41, 5.74) is 0. The zero-order valence-corrected chi connectivity index (χ0v) is 14.8. The molecule has 0 aliphatic heterocycles. The number of thioether (sulfide) groups is 1. The van der Waals surface area contributed by atoms with E-state index in [4.69, 9.17) is 9.84 Å². The molecule has 0 aromatic rings. The fraction of sp³-hybridized carbons (Fsp3) is 0.882. The van der Waals surface area contributed by atoms with E-state index in [2.05, 4.69) is 6.92 Å². The molecule has 130 valence electrons. The maximum atomic E-state index is 11.4. The van der Waals surface area contributed by atoms with E-state index in [-0.39, 0.29) is 12.4 Å². The molecule has 0 amide bonds. The lowest BCUT2D eigenvalue weighted by Gasteiger charge is -2.05. The molecule has 0 radical (unpaired) electrons. The third-order valence-electron chi connectivity index (χ3n) is 3.42. The maximum Gasteiger partial charge on any atom is 0.306 e. The molecule has 22 heavy (non-hydrogen) atoms. The Kier molecular flexibility index (Phi) is 16.1. The molecule has 0 aliphatic carbocycles. The Hall–Kier alpha value is -0.710. The predicted octanol–water partition coefficient (Wildman–Crippen LogP) is 4.66. The normalized spacial score (nSPS) is 10.6. The van der Waals surface area contributed by atoms with Gasteiger partial charge in [0.15, 0.2) is 0 Å².